The number of carbonyl (C=O) groups excluding carboxylic acids is 1. The van der Waals surface area contributed by atoms with Crippen LogP contribution in [0, 0.1) is 23.5 Å². The Labute approximate surface area is 149 Å². The average Bonchev–Trinajstić information content (AvgIpc) is 2.52. The molecule has 1 aliphatic carbocycles. The first-order valence-corrected chi connectivity index (χ1v) is 8.97. The van der Waals surface area contributed by atoms with Gasteiger partial charge in [-0.05, 0) is 18.3 Å². The molecule has 0 N–H and O–H groups in total. The number of esters is 1. The summed E-state index contributed by atoms with van der Waals surface area (Å²) < 4.78 is 69.3. The summed E-state index contributed by atoms with van der Waals surface area (Å²) in [5, 5.41) is 0. The third kappa shape index (κ3) is 5.68. The van der Waals surface area contributed by atoms with Crippen molar-refractivity contribution >= 4 is 5.97 Å². The Hall–Kier alpha value is -1.66. The van der Waals surface area contributed by atoms with Crippen LogP contribution in [0.15, 0.2) is 12.1 Å². The molecule has 2 rings (SSSR count). The van der Waals surface area contributed by atoms with Crippen molar-refractivity contribution in [2.45, 2.75) is 64.5 Å². The maximum absolute atomic E-state index is 13.5. The maximum Gasteiger partial charge on any atom is 0.422 e. The van der Waals surface area contributed by atoms with Crippen molar-refractivity contribution in [3.8, 4) is 5.75 Å². The van der Waals surface area contributed by atoms with Crippen molar-refractivity contribution in [2.24, 2.45) is 11.8 Å². The molecule has 1 aromatic rings. The predicted octanol–water partition coefficient (Wildman–Crippen LogP) is 6.28. The Kier molecular flexibility index (Phi) is 7.01. The summed E-state index contributed by atoms with van der Waals surface area (Å²) >= 11 is 0. The van der Waals surface area contributed by atoms with E-state index in [2.05, 4.69) is 6.92 Å². The van der Waals surface area contributed by atoms with Gasteiger partial charge < -0.3 is 4.74 Å². The minimum absolute atomic E-state index is 0.0768. The predicted molar refractivity (Wildman–Crippen MR) is 86.6 cm³/mol. The molecule has 0 spiro atoms. The van der Waals surface area contributed by atoms with E-state index in [1.54, 1.807) is 0 Å². The van der Waals surface area contributed by atoms with E-state index in [0.717, 1.165) is 31.6 Å². The summed E-state index contributed by atoms with van der Waals surface area (Å²) in [4.78, 5) is 11.8. The third-order valence-corrected chi connectivity index (χ3v) is 4.95. The van der Waals surface area contributed by atoms with Gasteiger partial charge in [0.2, 0.25) is 0 Å². The van der Waals surface area contributed by atoms with E-state index in [0.29, 0.717) is 24.5 Å². The van der Waals surface area contributed by atoms with Gasteiger partial charge >= 0.3 is 12.1 Å². The molecule has 7 heteroatoms. The zero-order valence-electron chi connectivity index (χ0n) is 14.7. The van der Waals surface area contributed by atoms with Gasteiger partial charge in [-0.3, -0.25) is 4.79 Å². The molecule has 1 aromatic carbocycles. The first kappa shape index (κ1) is 20.6. The van der Waals surface area contributed by atoms with Gasteiger partial charge in [-0.15, -0.1) is 0 Å². The first-order valence-electron chi connectivity index (χ1n) is 8.97. The monoisotopic (exact) mass is 378 g/mol. The molecule has 1 saturated carbocycles. The number of rotatable bonds is 6. The Morgan fingerprint density at radius 2 is 1.54 bits per heavy atom. The number of hydrogen-bond donors (Lipinski definition) is 0. The van der Waals surface area contributed by atoms with Crippen LogP contribution in [-0.4, -0.2) is 5.97 Å². The second-order valence-electron chi connectivity index (χ2n) is 6.95. The molecule has 1 fully saturated rings. The fourth-order valence-electron chi connectivity index (χ4n) is 3.60. The highest BCUT2D eigenvalue weighted by Gasteiger charge is 2.38. The fraction of sp³-hybridized carbons (Fsp3) is 0.632. The van der Waals surface area contributed by atoms with Crippen LogP contribution < -0.4 is 4.74 Å². The van der Waals surface area contributed by atoms with Gasteiger partial charge in [0.25, 0.3) is 0 Å². The molecule has 0 radical (unpaired) electrons. The van der Waals surface area contributed by atoms with E-state index in [1.165, 1.54) is 12.8 Å². The standard InChI is InChI=1S/C19H23F5O2/c1-2-3-12-4-6-13(7-5-12)8-9-17(25)26-14-10-15(20)18(16(21)11-14)19(22,23)24/h10-13H,2-9H2,1H3/t12-,13-. The Bertz CT molecular complexity index is 596. The third-order valence-electron chi connectivity index (χ3n) is 4.95. The molecule has 2 nitrogen and oxygen atoms in total. The minimum Gasteiger partial charge on any atom is -0.426 e. The molecule has 0 heterocycles. The Morgan fingerprint density at radius 3 is 2.00 bits per heavy atom. The minimum atomic E-state index is -5.15. The quantitative estimate of drug-likeness (QED) is 0.331. The lowest BCUT2D eigenvalue weighted by molar-refractivity contribution is -0.142. The zero-order valence-corrected chi connectivity index (χ0v) is 14.7. The van der Waals surface area contributed by atoms with Gasteiger partial charge in [-0.1, -0.05) is 45.4 Å². The Morgan fingerprint density at radius 1 is 1.04 bits per heavy atom. The summed E-state index contributed by atoms with van der Waals surface area (Å²) in [5.74, 6) is -3.67. The number of ether oxygens (including phenoxy) is 1. The van der Waals surface area contributed by atoms with E-state index in [1.807, 2.05) is 0 Å². The van der Waals surface area contributed by atoms with Gasteiger partial charge in [-0.2, -0.15) is 13.2 Å². The van der Waals surface area contributed by atoms with Gasteiger partial charge in [-0.25, -0.2) is 8.78 Å². The van der Waals surface area contributed by atoms with E-state index < -0.39 is 35.1 Å². The number of halogens is 5. The summed E-state index contributed by atoms with van der Waals surface area (Å²) in [6.45, 7) is 2.16. The van der Waals surface area contributed by atoms with Crippen LogP contribution in [0.4, 0.5) is 22.0 Å². The molecule has 146 valence electrons. The van der Waals surface area contributed by atoms with E-state index in [9.17, 15) is 26.7 Å². The molecule has 0 saturated heterocycles. The number of benzene rings is 1. The highest BCUT2D eigenvalue weighted by Crippen LogP contribution is 2.36. The average molecular weight is 378 g/mol. The molecular weight excluding hydrogens is 355 g/mol. The molecule has 0 bridgehead atoms. The largest absolute Gasteiger partial charge is 0.426 e. The van der Waals surface area contributed by atoms with Crippen LogP contribution in [0.2, 0.25) is 0 Å². The Balaban J connectivity index is 1.85. The van der Waals surface area contributed by atoms with E-state index in [4.69, 9.17) is 4.74 Å². The number of carbonyl (C=O) groups is 1. The molecule has 0 aliphatic heterocycles. The van der Waals surface area contributed by atoms with Crippen LogP contribution in [-0.2, 0) is 11.0 Å². The SMILES string of the molecule is CCC[C@H]1CC[C@H](CCC(=O)Oc2cc(F)c(C(F)(F)F)c(F)c2)CC1. The highest BCUT2D eigenvalue weighted by molar-refractivity contribution is 5.72. The number of hydrogen-bond acceptors (Lipinski definition) is 2. The van der Waals surface area contributed by atoms with Gasteiger partial charge in [0.05, 0.1) is 0 Å². The van der Waals surface area contributed by atoms with Crippen LogP contribution in [0.3, 0.4) is 0 Å². The molecule has 0 aromatic heterocycles. The van der Waals surface area contributed by atoms with Crippen molar-refractivity contribution in [2.75, 3.05) is 0 Å². The summed E-state index contributed by atoms with van der Waals surface area (Å²) in [6, 6.07) is 0.777. The lowest BCUT2D eigenvalue weighted by Gasteiger charge is -2.28. The van der Waals surface area contributed by atoms with Crippen molar-refractivity contribution in [1.29, 1.82) is 0 Å². The maximum atomic E-state index is 13.5. The van der Waals surface area contributed by atoms with Crippen molar-refractivity contribution in [3.05, 3.63) is 29.3 Å². The summed E-state index contributed by atoms with van der Waals surface area (Å²) in [7, 11) is 0. The van der Waals surface area contributed by atoms with E-state index >= 15 is 0 Å². The van der Waals surface area contributed by atoms with Crippen molar-refractivity contribution < 1.29 is 31.5 Å². The van der Waals surface area contributed by atoms with Gasteiger partial charge in [0, 0.05) is 18.6 Å². The van der Waals surface area contributed by atoms with Crippen LogP contribution in [0.1, 0.15) is 63.9 Å². The molecule has 1 aliphatic rings. The highest BCUT2D eigenvalue weighted by atomic mass is 19.4. The van der Waals surface area contributed by atoms with Crippen molar-refractivity contribution in [1.82, 2.24) is 0 Å². The van der Waals surface area contributed by atoms with Crippen LogP contribution in [0.25, 0.3) is 0 Å². The lowest BCUT2D eigenvalue weighted by Crippen LogP contribution is -2.17. The fourth-order valence-corrected chi connectivity index (χ4v) is 3.60. The summed E-state index contributed by atoms with van der Waals surface area (Å²) in [5.41, 5.74) is -1.99. The summed E-state index contributed by atoms with van der Waals surface area (Å²) in [6.07, 6.45) is 2.31. The lowest BCUT2D eigenvalue weighted by atomic mass is 9.78. The topological polar surface area (TPSA) is 26.3 Å². The molecule has 26 heavy (non-hydrogen) atoms. The van der Waals surface area contributed by atoms with Crippen molar-refractivity contribution in [3.63, 3.8) is 0 Å². The molecule has 0 atom stereocenters. The van der Waals surface area contributed by atoms with E-state index in [-0.39, 0.29) is 6.42 Å². The molecular formula is C19H23F5O2. The zero-order chi connectivity index (χ0) is 19.3. The van der Waals surface area contributed by atoms with Gasteiger partial charge in [0.1, 0.15) is 22.9 Å². The van der Waals surface area contributed by atoms with Gasteiger partial charge in [0.15, 0.2) is 0 Å². The smallest absolute Gasteiger partial charge is 0.422 e. The first-order chi connectivity index (χ1) is 12.2. The van der Waals surface area contributed by atoms with Crippen LogP contribution >= 0.6 is 0 Å². The number of alkyl halides is 3. The molecule has 0 unspecified atom stereocenters. The second kappa shape index (κ2) is 8.82. The van der Waals surface area contributed by atoms with Crippen LogP contribution in [0.5, 0.6) is 5.75 Å². The second-order valence-corrected chi connectivity index (χ2v) is 6.95. The normalized spacial score (nSPS) is 20.8. The molecule has 0 amide bonds.